The number of nitrogens with one attached hydrogen (secondary N) is 1. The van der Waals surface area contributed by atoms with Crippen molar-refractivity contribution in [3.63, 3.8) is 0 Å². The van der Waals surface area contributed by atoms with Crippen LogP contribution in [0.2, 0.25) is 0 Å². The zero-order valence-corrected chi connectivity index (χ0v) is 14.7. The lowest BCUT2D eigenvalue weighted by Gasteiger charge is -2.36. The molecule has 0 radical (unpaired) electrons. The van der Waals surface area contributed by atoms with Gasteiger partial charge in [0.05, 0.1) is 6.04 Å². The van der Waals surface area contributed by atoms with Crippen LogP contribution >= 0.6 is 0 Å². The summed E-state index contributed by atoms with van der Waals surface area (Å²) in [6, 6.07) is -0.0556. The van der Waals surface area contributed by atoms with Crippen LogP contribution in [0.3, 0.4) is 0 Å². The summed E-state index contributed by atoms with van der Waals surface area (Å²) >= 11 is 0. The Morgan fingerprint density at radius 2 is 1.90 bits per heavy atom. The predicted molar refractivity (Wildman–Crippen MR) is 83.0 cm³/mol. The van der Waals surface area contributed by atoms with Crippen molar-refractivity contribution < 1.29 is 19.0 Å². The monoisotopic (exact) mass is 304 g/mol. The third kappa shape index (κ3) is 7.64. The molecule has 0 aliphatic carbocycles. The highest BCUT2D eigenvalue weighted by molar-refractivity contribution is 5.60. The van der Waals surface area contributed by atoms with Crippen molar-refractivity contribution in [1.82, 2.24) is 10.2 Å². The van der Waals surface area contributed by atoms with E-state index in [4.69, 9.17) is 14.2 Å². The summed E-state index contributed by atoms with van der Waals surface area (Å²) < 4.78 is 16.0. The summed E-state index contributed by atoms with van der Waals surface area (Å²) in [5.74, 6) is 0.302. The molecule has 6 nitrogen and oxygen atoms in total. The summed E-state index contributed by atoms with van der Waals surface area (Å²) in [4.78, 5) is 13.9. The Kier molecular flexibility index (Phi) is 8.85. The highest BCUT2D eigenvalue weighted by Crippen LogP contribution is 2.21. The van der Waals surface area contributed by atoms with Gasteiger partial charge < -0.3 is 19.5 Å². The van der Waals surface area contributed by atoms with E-state index in [-0.39, 0.29) is 6.04 Å². The van der Waals surface area contributed by atoms with Crippen LogP contribution in [0, 0.1) is 5.92 Å². The van der Waals surface area contributed by atoms with Gasteiger partial charge in [0.2, 0.25) is 6.29 Å². The highest BCUT2D eigenvalue weighted by atomic mass is 16.8. The molecule has 0 aliphatic rings. The second-order valence-corrected chi connectivity index (χ2v) is 6.33. The van der Waals surface area contributed by atoms with Crippen molar-refractivity contribution >= 4 is 6.16 Å². The molecule has 0 aromatic rings. The summed E-state index contributed by atoms with van der Waals surface area (Å²) in [5, 5.41) is 3.10. The molecule has 21 heavy (non-hydrogen) atoms. The zero-order valence-electron chi connectivity index (χ0n) is 14.7. The molecule has 0 bridgehead atoms. The maximum Gasteiger partial charge on any atom is 0.511 e. The predicted octanol–water partition coefficient (Wildman–Crippen LogP) is 2.43. The molecule has 126 valence electrons. The average Bonchev–Trinajstić information content (AvgIpc) is 2.35. The number of nitrogens with zero attached hydrogens (tertiary/aromatic N) is 1. The fraction of sp³-hybridized carbons (Fsp3) is 0.933. The molecule has 0 saturated carbocycles. The van der Waals surface area contributed by atoms with Gasteiger partial charge in [0.15, 0.2) is 0 Å². The Bertz CT molecular complexity index is 305. The SMILES string of the molecule is CC[C@H](C)[C@@H]([C@H](OC)OC(=O)OC(C)(C)C)N(C)CNC. The molecule has 0 saturated heterocycles. The Hall–Kier alpha value is -0.850. The summed E-state index contributed by atoms with van der Waals surface area (Å²) in [6.07, 6.45) is -0.426. The van der Waals surface area contributed by atoms with Gasteiger partial charge in [-0.05, 0) is 40.8 Å². The number of rotatable bonds is 8. The lowest BCUT2D eigenvalue weighted by molar-refractivity contribution is -0.159. The molecule has 0 heterocycles. The number of methoxy groups -OCH3 is 1. The Labute approximate surface area is 129 Å². The van der Waals surface area contributed by atoms with Gasteiger partial charge in [-0.3, -0.25) is 4.90 Å². The van der Waals surface area contributed by atoms with E-state index in [9.17, 15) is 4.79 Å². The van der Waals surface area contributed by atoms with Gasteiger partial charge in [0, 0.05) is 13.8 Å². The van der Waals surface area contributed by atoms with Crippen LogP contribution in [0.4, 0.5) is 4.79 Å². The number of carbonyl (C=O) groups is 1. The van der Waals surface area contributed by atoms with Crippen molar-refractivity contribution in [1.29, 1.82) is 0 Å². The van der Waals surface area contributed by atoms with Gasteiger partial charge >= 0.3 is 6.16 Å². The molecule has 0 rings (SSSR count). The topological polar surface area (TPSA) is 60.0 Å². The van der Waals surface area contributed by atoms with Gasteiger partial charge in [0.1, 0.15) is 5.60 Å². The van der Waals surface area contributed by atoms with E-state index in [0.717, 1.165) is 6.42 Å². The molecule has 1 N–H and O–H groups in total. The van der Waals surface area contributed by atoms with Crippen LogP contribution in [0.15, 0.2) is 0 Å². The molecule has 0 spiro atoms. The highest BCUT2D eigenvalue weighted by Gasteiger charge is 2.33. The van der Waals surface area contributed by atoms with E-state index in [1.54, 1.807) is 20.8 Å². The molecule has 0 fully saturated rings. The smallest absolute Gasteiger partial charge is 0.429 e. The molecule has 0 aliphatic heterocycles. The second-order valence-electron chi connectivity index (χ2n) is 6.33. The maximum absolute atomic E-state index is 11.9. The van der Waals surface area contributed by atoms with E-state index in [1.807, 2.05) is 14.1 Å². The maximum atomic E-state index is 11.9. The van der Waals surface area contributed by atoms with Crippen LogP contribution in [-0.2, 0) is 14.2 Å². The number of likely N-dealkylation sites (N-methyl/N-ethyl adjacent to an activating group) is 1. The summed E-state index contributed by atoms with van der Waals surface area (Å²) in [7, 11) is 5.39. The van der Waals surface area contributed by atoms with Crippen LogP contribution in [0.5, 0.6) is 0 Å². The molecule has 0 aromatic carbocycles. The molecule has 0 unspecified atom stereocenters. The lowest BCUT2D eigenvalue weighted by atomic mass is 9.97. The first-order valence-corrected chi connectivity index (χ1v) is 7.43. The van der Waals surface area contributed by atoms with Gasteiger partial charge in [-0.2, -0.15) is 0 Å². The van der Waals surface area contributed by atoms with E-state index in [0.29, 0.717) is 12.6 Å². The molecule has 0 aromatic heterocycles. The first-order valence-electron chi connectivity index (χ1n) is 7.43. The van der Waals surface area contributed by atoms with Crippen LogP contribution in [0.25, 0.3) is 0 Å². The summed E-state index contributed by atoms with van der Waals surface area (Å²) in [5.41, 5.74) is -0.585. The molecular weight excluding hydrogens is 272 g/mol. The normalized spacial score (nSPS) is 16.4. The quantitative estimate of drug-likeness (QED) is 0.549. The largest absolute Gasteiger partial charge is 0.511 e. The lowest BCUT2D eigenvalue weighted by Crippen LogP contribution is -2.51. The van der Waals surface area contributed by atoms with E-state index in [1.165, 1.54) is 7.11 Å². The minimum Gasteiger partial charge on any atom is -0.429 e. The van der Waals surface area contributed by atoms with Crippen LogP contribution in [-0.4, -0.2) is 56.9 Å². The Morgan fingerprint density at radius 3 is 2.29 bits per heavy atom. The number of hydrogen-bond donors (Lipinski definition) is 1. The summed E-state index contributed by atoms with van der Waals surface area (Å²) in [6.45, 7) is 10.3. The van der Waals surface area contributed by atoms with E-state index >= 15 is 0 Å². The minimum absolute atomic E-state index is 0.0556. The van der Waals surface area contributed by atoms with Gasteiger partial charge in [-0.25, -0.2) is 4.79 Å². The fourth-order valence-electron chi connectivity index (χ4n) is 2.13. The van der Waals surface area contributed by atoms with Crippen molar-refractivity contribution in [3.8, 4) is 0 Å². The molecule has 3 atom stereocenters. The van der Waals surface area contributed by atoms with E-state index < -0.39 is 18.0 Å². The minimum atomic E-state index is -0.708. The Balaban J connectivity index is 4.92. The molecule has 0 amide bonds. The third-order valence-corrected chi connectivity index (χ3v) is 3.26. The number of hydrogen-bond acceptors (Lipinski definition) is 6. The van der Waals surface area contributed by atoms with Crippen LogP contribution < -0.4 is 5.32 Å². The zero-order chi connectivity index (χ0) is 16.6. The van der Waals surface area contributed by atoms with E-state index in [2.05, 4.69) is 24.1 Å². The van der Waals surface area contributed by atoms with Crippen molar-refractivity contribution in [2.75, 3.05) is 27.9 Å². The third-order valence-electron chi connectivity index (χ3n) is 3.26. The molecule has 6 heteroatoms. The fourth-order valence-corrected chi connectivity index (χ4v) is 2.13. The number of carbonyl (C=O) groups excluding carboxylic acids is 1. The average molecular weight is 304 g/mol. The standard InChI is InChI=1S/C15H32N2O4/c1-9-11(2)12(17(7)10-16-6)13(19-8)20-14(18)21-15(3,4)5/h11-13,16H,9-10H2,1-8H3/t11-,12-,13+/m0/s1. The second kappa shape index (κ2) is 9.23. The van der Waals surface area contributed by atoms with Crippen molar-refractivity contribution in [2.24, 2.45) is 5.92 Å². The van der Waals surface area contributed by atoms with Crippen LogP contribution in [0.1, 0.15) is 41.0 Å². The van der Waals surface area contributed by atoms with Gasteiger partial charge in [0.25, 0.3) is 0 Å². The molecular formula is C15H32N2O4. The Morgan fingerprint density at radius 1 is 1.33 bits per heavy atom. The van der Waals surface area contributed by atoms with Gasteiger partial charge in [-0.15, -0.1) is 0 Å². The first-order chi connectivity index (χ1) is 9.66. The van der Waals surface area contributed by atoms with Gasteiger partial charge in [-0.1, -0.05) is 20.3 Å². The number of ether oxygens (including phenoxy) is 3. The van der Waals surface area contributed by atoms with Crippen molar-refractivity contribution in [3.05, 3.63) is 0 Å². The van der Waals surface area contributed by atoms with Crippen molar-refractivity contribution in [2.45, 2.75) is 59.0 Å². The first kappa shape index (κ1) is 20.1.